The molecule has 4 aromatic carbocycles. The summed E-state index contributed by atoms with van der Waals surface area (Å²) in [6, 6.07) is 30.9. The molecule has 15 nitrogen and oxygen atoms in total. The van der Waals surface area contributed by atoms with E-state index in [9.17, 15) is 14.4 Å². The van der Waals surface area contributed by atoms with Gasteiger partial charge in [0.2, 0.25) is 11.8 Å². The van der Waals surface area contributed by atoms with Gasteiger partial charge in [0, 0.05) is 39.8 Å². The number of hydrogen-bond donors (Lipinski definition) is 4. The van der Waals surface area contributed by atoms with E-state index < -0.39 is 36.0 Å². The van der Waals surface area contributed by atoms with Crippen LogP contribution in [0.25, 0.3) is 10.2 Å². The number of nitrogens with zero attached hydrogens (tertiary/aromatic N) is 3. The number of nitrogens with one attached hydrogen (secondary N) is 4. The Labute approximate surface area is 367 Å². The number of likely N-dealkylation sites (N-methyl/N-ethyl adjacent to an activating group) is 1. The fraction of sp³-hybridized carbons (Fsp3) is 0.370. The number of carbonyl (C=O) groups excluding carboxylic acids is 4. The number of hydrazine groups is 1. The predicted molar refractivity (Wildman–Crippen MR) is 241 cm³/mol. The number of thiazole rings is 1. The molecule has 62 heavy (non-hydrogen) atoms. The van der Waals surface area contributed by atoms with Crippen molar-refractivity contribution in [3.8, 4) is 5.75 Å². The minimum absolute atomic E-state index is 0.0153. The van der Waals surface area contributed by atoms with Crippen LogP contribution in [0.3, 0.4) is 0 Å². The van der Waals surface area contributed by atoms with Gasteiger partial charge in [0.25, 0.3) is 0 Å². The molecule has 4 N–H and O–H groups in total. The van der Waals surface area contributed by atoms with Gasteiger partial charge in [-0.1, -0.05) is 90.2 Å². The Morgan fingerprint density at radius 2 is 1.45 bits per heavy atom. The molecule has 5 amide bonds. The van der Waals surface area contributed by atoms with Gasteiger partial charge >= 0.3 is 12.1 Å². The van der Waals surface area contributed by atoms with Crippen molar-refractivity contribution in [1.29, 1.82) is 0 Å². The van der Waals surface area contributed by atoms with Gasteiger partial charge in [0.05, 0.1) is 16.9 Å². The average Bonchev–Trinajstić information content (AvgIpc) is 3.66. The zero-order chi connectivity index (χ0) is 44.5. The lowest BCUT2D eigenvalue weighted by Crippen LogP contribution is -2.56. The molecule has 0 aliphatic rings. The third-order valence-electron chi connectivity index (χ3n) is 9.19. The number of amides is 5. The summed E-state index contributed by atoms with van der Waals surface area (Å²) in [6.45, 7) is 10.4. The summed E-state index contributed by atoms with van der Waals surface area (Å²) in [5.41, 5.74) is 5.84. The zero-order valence-electron chi connectivity index (χ0n) is 36.1. The minimum atomic E-state index is -0.964. The standard InChI is InChI=1S/C46H57N7O8S/c1-7-58-40(59-8-2)30-53(36-20-15-21-38-41(36)49-44(62-38)50-45(57)61-46(3,4)5)42(55)37(28-32-22-24-35(25-23-32)60-31-34-18-13-10-14-19-34)52(6)51-39(54)26-27-47-43(56)48-29-33-16-11-9-12-17-33/h9-25,37,40H,7-8,26-31H2,1-6H3,(H,51,54)(H2,47,48,56)(H,49,50,57). The maximum atomic E-state index is 15.2. The van der Waals surface area contributed by atoms with Crippen LogP contribution in [0.4, 0.5) is 20.4 Å². The van der Waals surface area contributed by atoms with Gasteiger partial charge in [-0.15, -0.1) is 0 Å². The number of carbonyl (C=O) groups is 4. The maximum absolute atomic E-state index is 15.2. The summed E-state index contributed by atoms with van der Waals surface area (Å²) >= 11 is 1.24. The number of ether oxygens (including phenoxy) is 4. The first-order chi connectivity index (χ1) is 29.8. The fourth-order valence-electron chi connectivity index (χ4n) is 6.29. The molecule has 0 saturated heterocycles. The van der Waals surface area contributed by atoms with E-state index in [1.807, 2.05) is 105 Å². The van der Waals surface area contributed by atoms with Crippen LogP contribution in [0.15, 0.2) is 103 Å². The monoisotopic (exact) mass is 867 g/mol. The Bertz CT molecular complexity index is 2190. The van der Waals surface area contributed by atoms with Crippen LogP contribution in [0.5, 0.6) is 5.75 Å². The molecule has 0 aliphatic heterocycles. The van der Waals surface area contributed by atoms with Gasteiger partial charge < -0.3 is 34.5 Å². The number of anilines is 2. The van der Waals surface area contributed by atoms with Crippen LogP contribution in [0.1, 0.15) is 57.7 Å². The maximum Gasteiger partial charge on any atom is 0.413 e. The molecule has 0 radical (unpaired) electrons. The van der Waals surface area contributed by atoms with Crippen LogP contribution in [-0.4, -0.2) is 85.2 Å². The van der Waals surface area contributed by atoms with Gasteiger partial charge in [0.1, 0.15) is 29.5 Å². The number of urea groups is 1. The molecular weight excluding hydrogens is 811 g/mol. The van der Waals surface area contributed by atoms with Crippen molar-refractivity contribution in [2.45, 2.75) is 78.5 Å². The molecule has 1 aromatic heterocycles. The number of rotatable bonds is 21. The van der Waals surface area contributed by atoms with E-state index in [0.29, 0.717) is 48.0 Å². The highest BCUT2D eigenvalue weighted by Gasteiger charge is 2.33. The lowest BCUT2D eigenvalue weighted by atomic mass is 10.0. The largest absolute Gasteiger partial charge is 0.489 e. The highest BCUT2D eigenvalue weighted by atomic mass is 32.1. The smallest absolute Gasteiger partial charge is 0.413 e. The van der Waals surface area contributed by atoms with Crippen molar-refractivity contribution in [3.05, 3.63) is 120 Å². The minimum Gasteiger partial charge on any atom is -0.489 e. The van der Waals surface area contributed by atoms with Crippen LogP contribution >= 0.6 is 11.3 Å². The summed E-state index contributed by atoms with van der Waals surface area (Å²) in [6.07, 6.45) is -1.33. The molecule has 1 atom stereocenters. The molecule has 0 fully saturated rings. The van der Waals surface area contributed by atoms with Crippen LogP contribution in [0.2, 0.25) is 0 Å². The summed E-state index contributed by atoms with van der Waals surface area (Å²) in [7, 11) is 1.63. The first-order valence-electron chi connectivity index (χ1n) is 20.6. The van der Waals surface area contributed by atoms with E-state index in [4.69, 9.17) is 23.9 Å². The van der Waals surface area contributed by atoms with E-state index in [-0.39, 0.29) is 37.0 Å². The Balaban J connectivity index is 1.40. The van der Waals surface area contributed by atoms with Crippen molar-refractivity contribution in [1.82, 2.24) is 26.1 Å². The quantitative estimate of drug-likeness (QED) is 0.0430. The van der Waals surface area contributed by atoms with E-state index in [0.717, 1.165) is 16.7 Å². The zero-order valence-corrected chi connectivity index (χ0v) is 37.0. The van der Waals surface area contributed by atoms with Crippen molar-refractivity contribution in [2.24, 2.45) is 0 Å². The van der Waals surface area contributed by atoms with Gasteiger partial charge in [-0.25, -0.2) is 19.6 Å². The SMILES string of the molecule is CCOC(CN(C(=O)C(Cc1ccc(OCc2ccccc2)cc1)N(C)NC(=O)CCNC(=O)NCc1ccccc1)c1cccc2sc(NC(=O)OC(C)(C)C)nc12)OCC. The molecule has 1 unspecified atom stereocenters. The Hall–Kier alpha value is -6.07. The Kier molecular flexibility index (Phi) is 17.6. The lowest BCUT2D eigenvalue weighted by Gasteiger charge is -2.34. The van der Waals surface area contributed by atoms with Gasteiger partial charge in [0.15, 0.2) is 11.4 Å². The van der Waals surface area contributed by atoms with E-state index in [1.54, 1.807) is 44.9 Å². The molecule has 16 heteroatoms. The Morgan fingerprint density at radius 3 is 2.10 bits per heavy atom. The van der Waals surface area contributed by atoms with Crippen molar-refractivity contribution in [2.75, 3.05) is 43.6 Å². The van der Waals surface area contributed by atoms with Crippen molar-refractivity contribution in [3.63, 3.8) is 0 Å². The Morgan fingerprint density at radius 1 is 0.790 bits per heavy atom. The second-order valence-corrected chi connectivity index (χ2v) is 16.2. The predicted octanol–water partition coefficient (Wildman–Crippen LogP) is 7.42. The van der Waals surface area contributed by atoms with Crippen LogP contribution in [0, 0.1) is 0 Å². The molecule has 0 aliphatic carbocycles. The van der Waals surface area contributed by atoms with Crippen LogP contribution in [-0.2, 0) is 43.4 Å². The number of para-hydroxylation sites is 1. The molecule has 0 bridgehead atoms. The number of benzene rings is 4. The van der Waals surface area contributed by atoms with Gasteiger partial charge in [-0.05, 0) is 82.0 Å². The molecule has 330 valence electrons. The first kappa shape index (κ1) is 47.0. The van der Waals surface area contributed by atoms with E-state index in [1.165, 1.54) is 16.3 Å². The summed E-state index contributed by atoms with van der Waals surface area (Å²) in [4.78, 5) is 60.1. The molecule has 1 heterocycles. The summed E-state index contributed by atoms with van der Waals surface area (Å²) in [5.74, 6) is -0.139. The second kappa shape index (κ2) is 23.2. The van der Waals surface area contributed by atoms with Gasteiger partial charge in [-0.2, -0.15) is 0 Å². The van der Waals surface area contributed by atoms with Crippen LogP contribution < -0.4 is 31.0 Å². The highest BCUT2D eigenvalue weighted by molar-refractivity contribution is 7.22. The number of aromatic nitrogens is 1. The first-order valence-corrected chi connectivity index (χ1v) is 21.4. The van der Waals surface area contributed by atoms with Crippen molar-refractivity contribution >= 4 is 56.3 Å². The fourth-order valence-corrected chi connectivity index (χ4v) is 7.17. The summed E-state index contributed by atoms with van der Waals surface area (Å²) in [5, 5.41) is 10.00. The topological polar surface area (TPSA) is 173 Å². The number of fused-ring (bicyclic) bond motifs is 1. The number of hydrogen-bond acceptors (Lipinski definition) is 11. The second-order valence-electron chi connectivity index (χ2n) is 15.2. The van der Waals surface area contributed by atoms with Gasteiger partial charge in [-0.3, -0.25) is 20.3 Å². The van der Waals surface area contributed by atoms with E-state index in [2.05, 4.69) is 21.4 Å². The molecule has 5 aromatic rings. The molecule has 0 spiro atoms. The molecule has 0 saturated carbocycles. The van der Waals surface area contributed by atoms with E-state index >= 15 is 4.79 Å². The summed E-state index contributed by atoms with van der Waals surface area (Å²) < 4.78 is 24.1. The normalized spacial score (nSPS) is 11.9. The molecular formula is C46H57N7O8S. The lowest BCUT2D eigenvalue weighted by molar-refractivity contribution is -0.139. The average molecular weight is 868 g/mol. The van der Waals surface area contributed by atoms with Crippen molar-refractivity contribution < 1.29 is 38.1 Å². The molecule has 5 rings (SSSR count). The third-order valence-corrected chi connectivity index (χ3v) is 10.1. The third kappa shape index (κ3) is 14.8. The highest BCUT2D eigenvalue weighted by Crippen LogP contribution is 2.34.